The first-order valence-electron chi connectivity index (χ1n) is 7.74. The molecule has 0 spiro atoms. The summed E-state index contributed by atoms with van der Waals surface area (Å²) < 4.78 is 0. The number of aliphatic hydroxyl groups is 1. The lowest BCUT2D eigenvalue weighted by Gasteiger charge is -2.28. The maximum atomic E-state index is 12.3. The molecule has 2 aliphatic carbocycles. The van der Waals surface area contributed by atoms with Gasteiger partial charge in [0.15, 0.2) is 0 Å². The Labute approximate surface area is 124 Å². The van der Waals surface area contributed by atoms with Crippen LogP contribution in [-0.2, 0) is 12.8 Å². The topological polar surface area (TPSA) is 49.3 Å². The third kappa shape index (κ3) is 2.91. The zero-order valence-electron chi connectivity index (χ0n) is 12.0. The van der Waals surface area contributed by atoms with Crippen LogP contribution in [0.2, 0.25) is 0 Å². The van der Waals surface area contributed by atoms with Gasteiger partial charge in [0.1, 0.15) is 0 Å². The SMILES string of the molecule is CC1CCc2sc(C(=O)N[C@H]3CCCC[C@@H]3O)cc2C1. The van der Waals surface area contributed by atoms with E-state index in [1.54, 1.807) is 11.3 Å². The van der Waals surface area contributed by atoms with Gasteiger partial charge in [0, 0.05) is 4.88 Å². The van der Waals surface area contributed by atoms with Crippen LogP contribution in [0.1, 0.15) is 59.1 Å². The van der Waals surface area contributed by atoms with Gasteiger partial charge in [-0.3, -0.25) is 4.79 Å². The zero-order valence-corrected chi connectivity index (χ0v) is 12.8. The Morgan fingerprint density at radius 3 is 2.95 bits per heavy atom. The second kappa shape index (κ2) is 5.86. The van der Waals surface area contributed by atoms with Gasteiger partial charge in [-0.1, -0.05) is 19.8 Å². The summed E-state index contributed by atoms with van der Waals surface area (Å²) in [5.41, 5.74) is 1.36. The summed E-state index contributed by atoms with van der Waals surface area (Å²) in [5, 5.41) is 13.0. The molecule has 3 nitrogen and oxygen atoms in total. The third-order valence-electron chi connectivity index (χ3n) is 4.60. The number of nitrogens with one attached hydrogen (secondary N) is 1. The molecule has 3 rings (SSSR count). The molecule has 0 aromatic carbocycles. The average molecular weight is 293 g/mol. The molecule has 0 radical (unpaired) electrons. The molecule has 1 fully saturated rings. The zero-order chi connectivity index (χ0) is 14.1. The van der Waals surface area contributed by atoms with E-state index in [9.17, 15) is 9.90 Å². The quantitative estimate of drug-likeness (QED) is 0.881. The highest BCUT2D eigenvalue weighted by Gasteiger charge is 2.26. The van der Waals surface area contributed by atoms with Gasteiger partial charge >= 0.3 is 0 Å². The molecule has 1 saturated carbocycles. The Bertz CT molecular complexity index is 497. The van der Waals surface area contributed by atoms with Crippen LogP contribution in [0.3, 0.4) is 0 Å². The lowest BCUT2D eigenvalue weighted by atomic mass is 9.90. The molecule has 110 valence electrons. The number of amides is 1. The standard InChI is InChI=1S/C16H23NO2S/c1-10-6-7-14-11(8-10)9-15(20-14)16(19)17-12-4-2-3-5-13(12)18/h9-10,12-13,18H,2-8H2,1H3,(H,17,19)/t10?,12-,13-/m0/s1. The minimum atomic E-state index is -0.373. The van der Waals surface area contributed by atoms with Gasteiger partial charge < -0.3 is 10.4 Å². The lowest BCUT2D eigenvalue weighted by molar-refractivity contribution is 0.0720. The van der Waals surface area contributed by atoms with Crippen molar-refractivity contribution in [2.75, 3.05) is 0 Å². The van der Waals surface area contributed by atoms with Crippen LogP contribution in [0, 0.1) is 5.92 Å². The molecule has 20 heavy (non-hydrogen) atoms. The predicted octanol–water partition coefficient (Wildman–Crippen LogP) is 2.91. The number of carbonyl (C=O) groups is 1. The largest absolute Gasteiger partial charge is 0.391 e. The van der Waals surface area contributed by atoms with Crippen LogP contribution in [0.25, 0.3) is 0 Å². The smallest absolute Gasteiger partial charge is 0.261 e. The second-order valence-corrected chi connectivity index (χ2v) is 7.48. The van der Waals surface area contributed by atoms with Crippen LogP contribution >= 0.6 is 11.3 Å². The summed E-state index contributed by atoms with van der Waals surface area (Å²) >= 11 is 1.64. The molecule has 3 atom stereocenters. The Morgan fingerprint density at radius 2 is 2.15 bits per heavy atom. The van der Waals surface area contributed by atoms with Gasteiger partial charge in [-0.2, -0.15) is 0 Å². The number of carbonyl (C=O) groups excluding carboxylic acids is 1. The molecule has 2 N–H and O–H groups in total. The fraction of sp³-hybridized carbons (Fsp3) is 0.688. The minimum absolute atomic E-state index is 0.00278. The highest BCUT2D eigenvalue weighted by atomic mass is 32.1. The van der Waals surface area contributed by atoms with Gasteiger partial charge in [0.25, 0.3) is 5.91 Å². The Balaban J connectivity index is 1.68. The van der Waals surface area contributed by atoms with Crippen molar-refractivity contribution in [1.82, 2.24) is 5.32 Å². The molecule has 1 unspecified atom stereocenters. The van der Waals surface area contributed by atoms with Crippen molar-refractivity contribution in [3.63, 3.8) is 0 Å². The molecule has 0 aliphatic heterocycles. The Morgan fingerprint density at radius 1 is 1.35 bits per heavy atom. The Kier molecular flexibility index (Phi) is 4.13. The van der Waals surface area contributed by atoms with Crippen molar-refractivity contribution in [3.05, 3.63) is 21.4 Å². The Hall–Kier alpha value is -0.870. The summed E-state index contributed by atoms with van der Waals surface area (Å²) in [4.78, 5) is 14.6. The van der Waals surface area contributed by atoms with E-state index in [-0.39, 0.29) is 18.1 Å². The number of hydrogen-bond acceptors (Lipinski definition) is 3. The predicted molar refractivity (Wildman–Crippen MR) is 81.2 cm³/mol. The highest BCUT2D eigenvalue weighted by molar-refractivity contribution is 7.14. The number of aryl methyl sites for hydroxylation is 1. The normalized spacial score (nSPS) is 29.8. The molecule has 1 heterocycles. The first-order chi connectivity index (χ1) is 9.63. The van der Waals surface area contributed by atoms with E-state index in [0.29, 0.717) is 0 Å². The molecule has 1 aromatic heterocycles. The highest BCUT2D eigenvalue weighted by Crippen LogP contribution is 2.32. The number of aliphatic hydroxyl groups excluding tert-OH is 1. The van der Waals surface area contributed by atoms with Crippen molar-refractivity contribution in [2.24, 2.45) is 5.92 Å². The van der Waals surface area contributed by atoms with Gasteiger partial charge in [0.05, 0.1) is 17.0 Å². The summed E-state index contributed by atoms with van der Waals surface area (Å²) in [5.74, 6) is 0.733. The van der Waals surface area contributed by atoms with Crippen LogP contribution in [-0.4, -0.2) is 23.2 Å². The molecular formula is C16H23NO2S. The van der Waals surface area contributed by atoms with Crippen LogP contribution in [0.4, 0.5) is 0 Å². The first kappa shape index (κ1) is 14.1. The molecule has 1 aromatic rings. The summed E-state index contributed by atoms with van der Waals surface area (Å²) in [6.07, 6.45) is 6.95. The summed E-state index contributed by atoms with van der Waals surface area (Å²) in [6, 6.07) is 2.01. The number of fused-ring (bicyclic) bond motifs is 1. The molecular weight excluding hydrogens is 270 g/mol. The van der Waals surface area contributed by atoms with Gasteiger partial charge in [-0.25, -0.2) is 0 Å². The van der Waals surface area contributed by atoms with E-state index in [0.717, 1.165) is 49.3 Å². The van der Waals surface area contributed by atoms with E-state index in [4.69, 9.17) is 0 Å². The maximum absolute atomic E-state index is 12.3. The first-order valence-corrected chi connectivity index (χ1v) is 8.55. The fourth-order valence-corrected chi connectivity index (χ4v) is 4.45. The summed E-state index contributed by atoms with van der Waals surface area (Å²) in [6.45, 7) is 2.28. The number of hydrogen-bond donors (Lipinski definition) is 2. The van der Waals surface area contributed by atoms with Gasteiger partial charge in [-0.15, -0.1) is 11.3 Å². The fourth-order valence-electron chi connectivity index (χ4n) is 3.34. The van der Waals surface area contributed by atoms with Crippen molar-refractivity contribution in [2.45, 2.75) is 64.0 Å². The average Bonchev–Trinajstić information content (AvgIpc) is 2.84. The molecule has 4 heteroatoms. The van der Waals surface area contributed by atoms with Gasteiger partial charge in [-0.05, 0) is 49.7 Å². The monoisotopic (exact) mass is 293 g/mol. The van der Waals surface area contributed by atoms with Gasteiger partial charge in [0.2, 0.25) is 0 Å². The van der Waals surface area contributed by atoms with Crippen molar-refractivity contribution < 1.29 is 9.90 Å². The van der Waals surface area contributed by atoms with E-state index >= 15 is 0 Å². The van der Waals surface area contributed by atoms with E-state index < -0.39 is 0 Å². The molecule has 0 bridgehead atoms. The van der Waals surface area contributed by atoms with Crippen LogP contribution in [0.5, 0.6) is 0 Å². The van der Waals surface area contributed by atoms with Crippen molar-refractivity contribution >= 4 is 17.2 Å². The minimum Gasteiger partial charge on any atom is -0.391 e. The van der Waals surface area contributed by atoms with Crippen LogP contribution < -0.4 is 5.32 Å². The molecule has 0 saturated heterocycles. The van der Waals surface area contributed by atoms with Crippen LogP contribution in [0.15, 0.2) is 6.07 Å². The summed E-state index contributed by atoms with van der Waals surface area (Å²) in [7, 11) is 0. The third-order valence-corrected chi connectivity index (χ3v) is 5.83. The number of thiophene rings is 1. The van der Waals surface area contributed by atoms with E-state index in [2.05, 4.69) is 18.3 Å². The second-order valence-electron chi connectivity index (χ2n) is 6.34. The lowest BCUT2D eigenvalue weighted by Crippen LogP contribution is -2.44. The van der Waals surface area contributed by atoms with E-state index in [1.807, 2.05) is 0 Å². The van der Waals surface area contributed by atoms with E-state index in [1.165, 1.54) is 16.9 Å². The maximum Gasteiger partial charge on any atom is 0.261 e. The van der Waals surface area contributed by atoms with Crippen molar-refractivity contribution in [1.29, 1.82) is 0 Å². The molecule has 1 amide bonds. The number of rotatable bonds is 2. The molecule has 2 aliphatic rings. The van der Waals surface area contributed by atoms with Crippen molar-refractivity contribution in [3.8, 4) is 0 Å².